The standard InChI is InChI=1S/C16H22O/c1-2-3-4-5-6-7-8-9-10-11-12-13-14-15-16-17/h17H,2-7,10,13,16H2,1H3. The number of hydrogen-bond acceptors (Lipinski definition) is 1. The van der Waals surface area contributed by atoms with Crippen molar-refractivity contribution in [3.05, 3.63) is 0 Å². The Morgan fingerprint density at radius 1 is 0.706 bits per heavy atom. The van der Waals surface area contributed by atoms with Crippen molar-refractivity contribution in [1.82, 2.24) is 0 Å². The van der Waals surface area contributed by atoms with Crippen LogP contribution in [0.25, 0.3) is 0 Å². The van der Waals surface area contributed by atoms with Crippen LogP contribution >= 0.6 is 0 Å². The molecule has 0 aromatic heterocycles. The van der Waals surface area contributed by atoms with E-state index in [9.17, 15) is 0 Å². The van der Waals surface area contributed by atoms with Gasteiger partial charge in [-0.3, -0.25) is 0 Å². The van der Waals surface area contributed by atoms with Crippen LogP contribution in [-0.4, -0.2) is 11.7 Å². The molecule has 0 spiro atoms. The zero-order chi connectivity index (χ0) is 12.6. The third-order valence-electron chi connectivity index (χ3n) is 2.21. The fourth-order valence-corrected chi connectivity index (χ4v) is 1.30. The molecule has 0 aliphatic rings. The van der Waals surface area contributed by atoms with Crippen molar-refractivity contribution in [2.24, 2.45) is 0 Å². The maximum absolute atomic E-state index is 8.40. The molecule has 17 heavy (non-hydrogen) atoms. The van der Waals surface area contributed by atoms with Crippen molar-refractivity contribution in [1.29, 1.82) is 0 Å². The van der Waals surface area contributed by atoms with Gasteiger partial charge in [0, 0.05) is 6.42 Å². The number of aliphatic hydroxyl groups is 1. The first-order valence-corrected chi connectivity index (χ1v) is 6.39. The maximum atomic E-state index is 8.40. The van der Waals surface area contributed by atoms with Gasteiger partial charge in [0.25, 0.3) is 0 Å². The molecular weight excluding hydrogens is 208 g/mol. The van der Waals surface area contributed by atoms with Crippen LogP contribution in [0.3, 0.4) is 0 Å². The highest BCUT2D eigenvalue weighted by atomic mass is 16.2. The lowest BCUT2D eigenvalue weighted by Crippen LogP contribution is -1.76. The third kappa shape index (κ3) is 14.6. The Kier molecular flexibility index (Phi) is 13.5. The summed E-state index contributed by atoms with van der Waals surface area (Å²) in [7, 11) is 0. The number of hydrogen-bond donors (Lipinski definition) is 1. The van der Waals surface area contributed by atoms with E-state index < -0.39 is 0 Å². The molecule has 0 aliphatic carbocycles. The lowest BCUT2D eigenvalue weighted by Gasteiger charge is -1.94. The van der Waals surface area contributed by atoms with E-state index >= 15 is 0 Å². The van der Waals surface area contributed by atoms with Crippen molar-refractivity contribution < 1.29 is 5.11 Å². The van der Waals surface area contributed by atoms with E-state index in [-0.39, 0.29) is 6.61 Å². The van der Waals surface area contributed by atoms with Crippen LogP contribution in [0.4, 0.5) is 0 Å². The average Bonchev–Trinajstić information content (AvgIpc) is 2.35. The summed E-state index contributed by atoms with van der Waals surface area (Å²) in [5.74, 6) is 17.3. The Morgan fingerprint density at radius 3 is 1.94 bits per heavy atom. The highest BCUT2D eigenvalue weighted by Gasteiger charge is 1.85. The molecule has 0 atom stereocenters. The average molecular weight is 230 g/mol. The monoisotopic (exact) mass is 230 g/mol. The van der Waals surface area contributed by atoms with Gasteiger partial charge < -0.3 is 5.11 Å². The fourth-order valence-electron chi connectivity index (χ4n) is 1.30. The molecule has 0 amide bonds. The van der Waals surface area contributed by atoms with Crippen LogP contribution in [0.1, 0.15) is 58.3 Å². The summed E-state index contributed by atoms with van der Waals surface area (Å²) in [5.41, 5.74) is 0. The Morgan fingerprint density at radius 2 is 1.29 bits per heavy atom. The van der Waals surface area contributed by atoms with Crippen molar-refractivity contribution in [3.63, 3.8) is 0 Å². The van der Waals surface area contributed by atoms with E-state index in [1.807, 2.05) is 0 Å². The van der Waals surface area contributed by atoms with Crippen molar-refractivity contribution >= 4 is 0 Å². The van der Waals surface area contributed by atoms with Gasteiger partial charge in [-0.2, -0.15) is 0 Å². The molecule has 1 nitrogen and oxygen atoms in total. The Bertz CT molecular complexity index is 335. The zero-order valence-corrected chi connectivity index (χ0v) is 10.8. The summed E-state index contributed by atoms with van der Waals surface area (Å²) in [6, 6.07) is 0. The van der Waals surface area contributed by atoms with Crippen molar-refractivity contribution in [2.75, 3.05) is 6.61 Å². The van der Waals surface area contributed by atoms with E-state index in [1.165, 1.54) is 32.1 Å². The van der Waals surface area contributed by atoms with Gasteiger partial charge in [0.1, 0.15) is 6.61 Å². The molecule has 0 aliphatic heterocycles. The lowest BCUT2D eigenvalue weighted by atomic mass is 10.1. The zero-order valence-electron chi connectivity index (χ0n) is 10.8. The van der Waals surface area contributed by atoms with Gasteiger partial charge in [-0.05, 0) is 6.42 Å². The van der Waals surface area contributed by atoms with E-state index in [1.54, 1.807) is 0 Å². The smallest absolute Gasteiger partial charge is 0.104 e. The molecule has 1 N–H and O–H groups in total. The first-order chi connectivity index (χ1) is 8.41. The molecule has 0 rings (SSSR count). The van der Waals surface area contributed by atoms with E-state index in [0.717, 1.165) is 6.42 Å². The van der Waals surface area contributed by atoms with E-state index in [0.29, 0.717) is 12.8 Å². The van der Waals surface area contributed by atoms with Gasteiger partial charge in [0.15, 0.2) is 0 Å². The van der Waals surface area contributed by atoms with Crippen molar-refractivity contribution in [2.45, 2.75) is 58.3 Å². The minimum absolute atomic E-state index is 0.0838. The Hall–Kier alpha value is -1.36. The number of aliphatic hydroxyl groups excluding tert-OH is 1. The summed E-state index contributed by atoms with van der Waals surface area (Å²) < 4.78 is 0. The molecule has 0 fully saturated rings. The fraction of sp³-hybridized carbons (Fsp3) is 0.625. The lowest BCUT2D eigenvalue weighted by molar-refractivity contribution is 0.350. The molecule has 0 bridgehead atoms. The van der Waals surface area contributed by atoms with Gasteiger partial charge >= 0.3 is 0 Å². The van der Waals surface area contributed by atoms with Crippen LogP contribution in [0.5, 0.6) is 0 Å². The summed E-state index contributed by atoms with van der Waals surface area (Å²) in [5, 5.41) is 8.40. The summed E-state index contributed by atoms with van der Waals surface area (Å²) in [6.07, 6.45) is 8.63. The summed E-state index contributed by atoms with van der Waals surface area (Å²) >= 11 is 0. The molecule has 0 saturated carbocycles. The Balaban J connectivity index is 3.36. The quantitative estimate of drug-likeness (QED) is 0.568. The van der Waals surface area contributed by atoms with E-state index in [2.05, 4.69) is 42.4 Å². The second-order valence-corrected chi connectivity index (χ2v) is 3.74. The summed E-state index contributed by atoms with van der Waals surface area (Å²) in [6.45, 7) is 2.14. The highest BCUT2D eigenvalue weighted by molar-refractivity contribution is 5.16. The SMILES string of the molecule is CCCCCCCC#CCC#CCC#CCO. The molecule has 0 saturated heterocycles. The molecular formula is C16H22O. The largest absolute Gasteiger partial charge is 0.384 e. The first kappa shape index (κ1) is 15.6. The number of rotatable bonds is 5. The van der Waals surface area contributed by atoms with Crippen LogP contribution < -0.4 is 0 Å². The normalized spacial score (nSPS) is 8.12. The molecule has 0 unspecified atom stereocenters. The van der Waals surface area contributed by atoms with Gasteiger partial charge in [-0.1, -0.05) is 62.2 Å². The van der Waals surface area contributed by atoms with Gasteiger partial charge in [-0.15, -0.1) is 5.92 Å². The van der Waals surface area contributed by atoms with Crippen LogP contribution in [-0.2, 0) is 0 Å². The van der Waals surface area contributed by atoms with Crippen LogP contribution in [0.2, 0.25) is 0 Å². The van der Waals surface area contributed by atoms with E-state index in [4.69, 9.17) is 5.11 Å². The molecule has 0 aromatic carbocycles. The Labute approximate surface area is 106 Å². The molecule has 0 radical (unpaired) electrons. The minimum atomic E-state index is -0.0838. The van der Waals surface area contributed by atoms with Gasteiger partial charge in [0.05, 0.1) is 12.8 Å². The van der Waals surface area contributed by atoms with Gasteiger partial charge in [-0.25, -0.2) is 0 Å². The second kappa shape index (κ2) is 14.6. The third-order valence-corrected chi connectivity index (χ3v) is 2.21. The van der Waals surface area contributed by atoms with Crippen molar-refractivity contribution in [3.8, 4) is 35.5 Å². The van der Waals surface area contributed by atoms with Crippen LogP contribution in [0, 0.1) is 35.5 Å². The molecule has 1 heteroatoms. The van der Waals surface area contributed by atoms with Gasteiger partial charge in [0.2, 0.25) is 0 Å². The number of unbranched alkanes of at least 4 members (excludes halogenated alkanes) is 5. The summed E-state index contributed by atoms with van der Waals surface area (Å²) in [4.78, 5) is 0. The highest BCUT2D eigenvalue weighted by Crippen LogP contribution is 2.03. The first-order valence-electron chi connectivity index (χ1n) is 6.39. The van der Waals surface area contributed by atoms with Crippen LogP contribution in [0.15, 0.2) is 0 Å². The predicted octanol–water partition coefficient (Wildman–Crippen LogP) is 3.13. The molecule has 92 valence electrons. The predicted molar refractivity (Wildman–Crippen MR) is 73.0 cm³/mol. The maximum Gasteiger partial charge on any atom is 0.104 e. The molecule has 0 aromatic rings. The minimum Gasteiger partial charge on any atom is -0.384 e. The molecule has 0 heterocycles. The topological polar surface area (TPSA) is 20.2 Å². The second-order valence-electron chi connectivity index (χ2n) is 3.74.